The normalized spacial score (nSPS) is 16.6. The van der Waals surface area contributed by atoms with E-state index >= 15 is 0 Å². The summed E-state index contributed by atoms with van der Waals surface area (Å²) in [6.45, 7) is 5.13. The third-order valence-electron chi connectivity index (χ3n) is 6.67. The largest absolute Gasteiger partial charge is 0.872 e. The number of aromatic hydroxyl groups is 1. The fourth-order valence-electron chi connectivity index (χ4n) is 4.63. The van der Waals surface area contributed by atoms with Crippen molar-refractivity contribution in [1.82, 2.24) is 4.90 Å². The molecule has 39 heavy (non-hydrogen) atoms. The van der Waals surface area contributed by atoms with E-state index in [0.29, 0.717) is 42.2 Å². The van der Waals surface area contributed by atoms with Gasteiger partial charge in [0.1, 0.15) is 12.4 Å². The molecule has 1 aliphatic rings. The lowest BCUT2D eigenvalue weighted by atomic mass is 9.93. The molecule has 3 aromatic carbocycles. The van der Waals surface area contributed by atoms with Crippen molar-refractivity contribution in [2.75, 3.05) is 33.8 Å². The molecule has 1 heterocycles. The van der Waals surface area contributed by atoms with Gasteiger partial charge in [0.25, 0.3) is 5.91 Å². The highest BCUT2D eigenvalue weighted by molar-refractivity contribution is 6.46. The molecule has 0 bridgehead atoms. The summed E-state index contributed by atoms with van der Waals surface area (Å²) in [6.07, 6.45) is 0. The standard InChI is InChI=1S/C31H34N2O6/c1-5-38-26-18-22(11-14-25(26)34)28-27(30(36)31(37)33(28)16-15-32(3)4)29(35)24-13-12-23(17-20(24)2)39-19-21-9-7-6-8-10-21/h6-14,17-18,28,34-35H,5,15-16,19H2,1-4H3. The number of benzene rings is 3. The first kappa shape index (κ1) is 27.7. The summed E-state index contributed by atoms with van der Waals surface area (Å²) in [5.74, 6) is -1.27. The Balaban J connectivity index is 1.74. The Morgan fingerprint density at radius 1 is 1.03 bits per heavy atom. The van der Waals surface area contributed by atoms with Gasteiger partial charge in [-0.3, -0.25) is 9.59 Å². The number of quaternary nitrogens is 1. The second kappa shape index (κ2) is 12.0. The summed E-state index contributed by atoms with van der Waals surface area (Å²) >= 11 is 0. The number of Topliss-reactive ketones (excluding diaryl/α,β-unsaturated/α-hetero) is 1. The maximum atomic E-state index is 13.9. The quantitative estimate of drug-likeness (QED) is 0.236. The number of phenolic OH excluding ortho intramolecular Hbond substituents is 1. The van der Waals surface area contributed by atoms with Crippen LogP contribution < -0.4 is 19.5 Å². The second-order valence-corrected chi connectivity index (χ2v) is 9.84. The number of nitrogens with zero attached hydrogens (tertiary/aromatic N) is 1. The smallest absolute Gasteiger partial charge is 0.295 e. The molecule has 0 spiro atoms. The van der Waals surface area contributed by atoms with Gasteiger partial charge in [-0.25, -0.2) is 0 Å². The van der Waals surface area contributed by atoms with E-state index in [-0.39, 0.29) is 23.6 Å². The lowest BCUT2D eigenvalue weighted by Gasteiger charge is -2.28. The fraction of sp³-hybridized carbons (Fsp3) is 0.290. The van der Waals surface area contributed by atoms with Gasteiger partial charge < -0.3 is 29.5 Å². The van der Waals surface area contributed by atoms with Crippen molar-refractivity contribution in [2.24, 2.45) is 0 Å². The minimum atomic E-state index is -0.898. The van der Waals surface area contributed by atoms with E-state index in [0.717, 1.165) is 10.5 Å². The van der Waals surface area contributed by atoms with E-state index in [1.807, 2.05) is 44.4 Å². The number of aryl methyl sites for hydroxylation is 1. The molecule has 8 nitrogen and oxygen atoms in total. The predicted octanol–water partition coefficient (Wildman–Crippen LogP) is 2.05. The van der Waals surface area contributed by atoms with Gasteiger partial charge in [-0.2, -0.15) is 0 Å². The number of hydrogen-bond acceptors (Lipinski definition) is 6. The minimum absolute atomic E-state index is 0.0599. The number of rotatable bonds is 10. The number of ketones is 1. The topological polar surface area (TPSA) is 104 Å². The average Bonchev–Trinajstić information content (AvgIpc) is 3.17. The highest BCUT2D eigenvalue weighted by Gasteiger charge is 2.44. The molecule has 0 aliphatic carbocycles. The summed E-state index contributed by atoms with van der Waals surface area (Å²) in [5.41, 5.74) is 2.39. The molecular formula is C31H34N2O6. The number of hydrogen-bond donors (Lipinski definition) is 2. The van der Waals surface area contributed by atoms with Crippen LogP contribution in [0.15, 0.2) is 72.3 Å². The van der Waals surface area contributed by atoms with Gasteiger partial charge in [-0.05, 0) is 60.4 Å². The molecular weight excluding hydrogens is 496 g/mol. The maximum absolute atomic E-state index is 13.9. The molecule has 8 heteroatoms. The third-order valence-corrected chi connectivity index (χ3v) is 6.67. The number of nitrogens with one attached hydrogen (secondary N) is 1. The van der Waals surface area contributed by atoms with Gasteiger partial charge in [-0.1, -0.05) is 48.2 Å². The zero-order chi connectivity index (χ0) is 28.1. The molecule has 1 atom stereocenters. The summed E-state index contributed by atoms with van der Waals surface area (Å²) in [6, 6.07) is 18.6. The van der Waals surface area contributed by atoms with Crippen LogP contribution in [0.1, 0.15) is 35.2 Å². The Bertz CT molecular complexity index is 1380. The third kappa shape index (κ3) is 6.07. The number of carbonyl (C=O) groups is 2. The van der Waals surface area contributed by atoms with Gasteiger partial charge in [-0.15, -0.1) is 0 Å². The molecule has 1 unspecified atom stereocenters. The van der Waals surface area contributed by atoms with Gasteiger partial charge >= 0.3 is 0 Å². The summed E-state index contributed by atoms with van der Waals surface area (Å²) < 4.78 is 11.4. The van der Waals surface area contributed by atoms with Crippen molar-refractivity contribution in [3.63, 3.8) is 0 Å². The molecule has 1 fully saturated rings. The lowest BCUT2D eigenvalue weighted by Crippen LogP contribution is -3.06. The Morgan fingerprint density at radius 3 is 2.44 bits per heavy atom. The van der Waals surface area contributed by atoms with E-state index in [9.17, 15) is 19.8 Å². The van der Waals surface area contributed by atoms with E-state index in [2.05, 4.69) is 0 Å². The fourth-order valence-corrected chi connectivity index (χ4v) is 4.63. The average molecular weight is 531 g/mol. The van der Waals surface area contributed by atoms with Crippen molar-refractivity contribution >= 4 is 17.4 Å². The first-order valence-electron chi connectivity index (χ1n) is 13.0. The van der Waals surface area contributed by atoms with E-state index in [1.54, 1.807) is 44.2 Å². The number of ether oxygens (including phenoxy) is 2. The van der Waals surface area contributed by atoms with Crippen LogP contribution in [-0.4, -0.2) is 55.5 Å². The number of carbonyl (C=O) groups excluding carboxylic acids is 2. The zero-order valence-corrected chi connectivity index (χ0v) is 22.7. The zero-order valence-electron chi connectivity index (χ0n) is 22.7. The van der Waals surface area contributed by atoms with Crippen LogP contribution in [-0.2, 0) is 16.2 Å². The number of likely N-dealkylation sites (N-methyl/N-ethyl adjacent to an activating group) is 1. The summed E-state index contributed by atoms with van der Waals surface area (Å²) in [5, 5.41) is 24.1. The highest BCUT2D eigenvalue weighted by atomic mass is 16.5. The van der Waals surface area contributed by atoms with Crippen LogP contribution in [0.2, 0.25) is 0 Å². The van der Waals surface area contributed by atoms with E-state index in [4.69, 9.17) is 9.47 Å². The van der Waals surface area contributed by atoms with Crippen molar-refractivity contribution < 1.29 is 34.2 Å². The Hall–Kier alpha value is -4.30. The van der Waals surface area contributed by atoms with E-state index < -0.39 is 23.5 Å². The van der Waals surface area contributed by atoms with E-state index in [1.165, 1.54) is 11.0 Å². The first-order chi connectivity index (χ1) is 18.7. The highest BCUT2D eigenvalue weighted by Crippen LogP contribution is 2.41. The Kier molecular flexibility index (Phi) is 8.56. The van der Waals surface area contributed by atoms with Crippen LogP contribution in [0.25, 0.3) is 5.76 Å². The summed E-state index contributed by atoms with van der Waals surface area (Å²) in [7, 11) is 3.90. The van der Waals surface area contributed by atoms with Crippen LogP contribution in [0.4, 0.5) is 0 Å². The van der Waals surface area contributed by atoms with Crippen LogP contribution in [0.3, 0.4) is 0 Å². The molecule has 4 rings (SSSR count). The molecule has 3 aromatic rings. The Labute approximate surface area is 228 Å². The van der Waals surface area contributed by atoms with Gasteiger partial charge in [0.2, 0.25) is 5.78 Å². The van der Waals surface area contributed by atoms with Crippen LogP contribution >= 0.6 is 0 Å². The van der Waals surface area contributed by atoms with Gasteiger partial charge in [0, 0.05) is 5.57 Å². The molecule has 204 valence electrons. The first-order valence-corrected chi connectivity index (χ1v) is 13.0. The molecule has 1 saturated heterocycles. The lowest BCUT2D eigenvalue weighted by molar-refractivity contribution is -0.857. The van der Waals surface area contributed by atoms with Gasteiger partial charge in [0.05, 0.1) is 39.8 Å². The van der Waals surface area contributed by atoms with Crippen LogP contribution in [0, 0.1) is 6.92 Å². The molecule has 1 amide bonds. The molecule has 0 radical (unpaired) electrons. The van der Waals surface area contributed by atoms with Crippen LogP contribution in [0.5, 0.6) is 17.2 Å². The maximum Gasteiger partial charge on any atom is 0.295 e. The SMILES string of the molecule is CCOc1cc(C2C(=C([O-])c3ccc(OCc4ccccc4)cc3C)C(=O)C(=O)N2CC[NH+](C)C)ccc1O. The number of amides is 1. The molecule has 0 saturated carbocycles. The Morgan fingerprint density at radius 2 is 1.77 bits per heavy atom. The number of phenols is 1. The summed E-state index contributed by atoms with van der Waals surface area (Å²) in [4.78, 5) is 29.0. The molecule has 1 aliphatic heterocycles. The van der Waals surface area contributed by atoms with Crippen molar-refractivity contribution in [2.45, 2.75) is 26.5 Å². The van der Waals surface area contributed by atoms with Crippen molar-refractivity contribution in [1.29, 1.82) is 0 Å². The van der Waals surface area contributed by atoms with Crippen molar-refractivity contribution in [3.05, 3.63) is 94.6 Å². The molecule has 2 N–H and O–H groups in total. The second-order valence-electron chi connectivity index (χ2n) is 9.84. The van der Waals surface area contributed by atoms with Crippen molar-refractivity contribution in [3.8, 4) is 17.2 Å². The minimum Gasteiger partial charge on any atom is -0.872 e. The monoisotopic (exact) mass is 530 g/mol. The van der Waals surface area contributed by atoms with Gasteiger partial charge in [0.15, 0.2) is 11.5 Å². The predicted molar refractivity (Wildman–Crippen MR) is 145 cm³/mol. The molecule has 0 aromatic heterocycles. The number of likely N-dealkylation sites (tertiary alicyclic amines) is 1.